The molecular formula is C14H21BrN2O. The standard InChI is InChI=1S/C14H21BrN2O/c15-13-3-1-12(2-4-13)14(16)6-8-17-7-5-11(9-17)10-18/h1-4,11,14,18H,5-10,16H2. The number of hydrogen-bond acceptors (Lipinski definition) is 3. The fraction of sp³-hybridized carbons (Fsp3) is 0.571. The molecule has 1 aliphatic rings. The van der Waals surface area contributed by atoms with Crippen molar-refractivity contribution in [2.75, 3.05) is 26.2 Å². The summed E-state index contributed by atoms with van der Waals surface area (Å²) >= 11 is 3.43. The average Bonchev–Trinajstić information content (AvgIpc) is 2.85. The number of aliphatic hydroxyl groups is 1. The smallest absolute Gasteiger partial charge is 0.0471 e. The Balaban J connectivity index is 1.78. The molecule has 1 aliphatic heterocycles. The monoisotopic (exact) mass is 312 g/mol. The summed E-state index contributed by atoms with van der Waals surface area (Å²) in [5.41, 5.74) is 7.39. The molecule has 2 rings (SSSR count). The summed E-state index contributed by atoms with van der Waals surface area (Å²) in [7, 11) is 0. The minimum Gasteiger partial charge on any atom is -0.396 e. The van der Waals surface area contributed by atoms with Crippen LogP contribution in [0.5, 0.6) is 0 Å². The van der Waals surface area contributed by atoms with E-state index in [0.717, 1.165) is 36.9 Å². The van der Waals surface area contributed by atoms with E-state index < -0.39 is 0 Å². The minimum atomic E-state index is 0.103. The average molecular weight is 313 g/mol. The molecule has 0 radical (unpaired) electrons. The maximum Gasteiger partial charge on any atom is 0.0471 e. The fourth-order valence-electron chi connectivity index (χ4n) is 2.46. The zero-order chi connectivity index (χ0) is 13.0. The molecule has 2 atom stereocenters. The third-order valence-corrected chi connectivity index (χ3v) is 4.21. The van der Waals surface area contributed by atoms with E-state index in [1.165, 1.54) is 5.56 Å². The van der Waals surface area contributed by atoms with Crippen LogP contribution >= 0.6 is 15.9 Å². The summed E-state index contributed by atoms with van der Waals surface area (Å²) in [5, 5.41) is 9.11. The number of nitrogens with two attached hydrogens (primary N) is 1. The van der Waals surface area contributed by atoms with Gasteiger partial charge in [-0.3, -0.25) is 0 Å². The highest BCUT2D eigenvalue weighted by Gasteiger charge is 2.21. The lowest BCUT2D eigenvalue weighted by atomic mass is 10.0. The van der Waals surface area contributed by atoms with E-state index in [1.54, 1.807) is 0 Å². The molecule has 0 spiro atoms. The van der Waals surface area contributed by atoms with E-state index in [1.807, 2.05) is 12.1 Å². The second-order valence-electron chi connectivity index (χ2n) is 5.08. The van der Waals surface area contributed by atoms with Crippen molar-refractivity contribution in [1.82, 2.24) is 4.90 Å². The SMILES string of the molecule is NC(CCN1CCC(CO)C1)c1ccc(Br)cc1. The highest BCUT2D eigenvalue weighted by atomic mass is 79.9. The quantitative estimate of drug-likeness (QED) is 0.876. The number of likely N-dealkylation sites (tertiary alicyclic amines) is 1. The van der Waals surface area contributed by atoms with E-state index in [9.17, 15) is 0 Å². The van der Waals surface area contributed by atoms with Crippen LogP contribution in [0.1, 0.15) is 24.4 Å². The molecule has 3 nitrogen and oxygen atoms in total. The van der Waals surface area contributed by atoms with Crippen molar-refractivity contribution in [3.05, 3.63) is 34.3 Å². The number of aliphatic hydroxyl groups excluding tert-OH is 1. The van der Waals surface area contributed by atoms with Crippen molar-refractivity contribution in [2.45, 2.75) is 18.9 Å². The van der Waals surface area contributed by atoms with Gasteiger partial charge in [-0.2, -0.15) is 0 Å². The summed E-state index contributed by atoms with van der Waals surface area (Å²) in [5.74, 6) is 0.467. The summed E-state index contributed by atoms with van der Waals surface area (Å²) in [6.07, 6.45) is 2.09. The maximum atomic E-state index is 9.11. The topological polar surface area (TPSA) is 49.5 Å². The van der Waals surface area contributed by atoms with E-state index >= 15 is 0 Å². The zero-order valence-electron chi connectivity index (χ0n) is 10.6. The van der Waals surface area contributed by atoms with Crippen molar-refractivity contribution in [2.24, 2.45) is 11.7 Å². The lowest BCUT2D eigenvalue weighted by Gasteiger charge is -2.19. The van der Waals surface area contributed by atoms with Crippen LogP contribution in [0, 0.1) is 5.92 Å². The van der Waals surface area contributed by atoms with Gasteiger partial charge in [-0.05, 0) is 49.5 Å². The largest absolute Gasteiger partial charge is 0.396 e. The van der Waals surface area contributed by atoms with Gasteiger partial charge in [0.15, 0.2) is 0 Å². The van der Waals surface area contributed by atoms with Crippen molar-refractivity contribution >= 4 is 15.9 Å². The number of benzene rings is 1. The third kappa shape index (κ3) is 3.79. The predicted molar refractivity (Wildman–Crippen MR) is 77.3 cm³/mol. The van der Waals surface area contributed by atoms with Gasteiger partial charge in [-0.15, -0.1) is 0 Å². The fourth-order valence-corrected chi connectivity index (χ4v) is 2.73. The second-order valence-corrected chi connectivity index (χ2v) is 6.00. The molecule has 0 amide bonds. The van der Waals surface area contributed by atoms with Crippen LogP contribution in [0.15, 0.2) is 28.7 Å². The van der Waals surface area contributed by atoms with E-state index in [0.29, 0.717) is 12.5 Å². The Hall–Kier alpha value is -0.420. The Morgan fingerprint density at radius 3 is 2.72 bits per heavy atom. The zero-order valence-corrected chi connectivity index (χ0v) is 12.1. The highest BCUT2D eigenvalue weighted by Crippen LogP contribution is 2.20. The molecule has 0 aromatic heterocycles. The van der Waals surface area contributed by atoms with Gasteiger partial charge >= 0.3 is 0 Å². The van der Waals surface area contributed by atoms with Crippen LogP contribution < -0.4 is 5.73 Å². The van der Waals surface area contributed by atoms with Gasteiger partial charge in [0.25, 0.3) is 0 Å². The molecule has 1 aromatic carbocycles. The predicted octanol–water partition coefficient (Wildman–Crippen LogP) is 2.15. The Bertz CT molecular complexity index is 369. The van der Waals surface area contributed by atoms with E-state index in [4.69, 9.17) is 10.8 Å². The minimum absolute atomic E-state index is 0.103. The van der Waals surface area contributed by atoms with Crippen LogP contribution in [0.3, 0.4) is 0 Å². The molecule has 0 saturated carbocycles. The van der Waals surface area contributed by atoms with Gasteiger partial charge in [0.2, 0.25) is 0 Å². The van der Waals surface area contributed by atoms with Gasteiger partial charge in [0, 0.05) is 23.7 Å². The molecule has 1 heterocycles. The second kappa shape index (κ2) is 6.66. The summed E-state index contributed by atoms with van der Waals surface area (Å²) < 4.78 is 1.09. The molecule has 0 bridgehead atoms. The summed E-state index contributed by atoms with van der Waals surface area (Å²) in [4.78, 5) is 2.40. The number of nitrogens with zero attached hydrogens (tertiary/aromatic N) is 1. The number of hydrogen-bond donors (Lipinski definition) is 2. The third-order valence-electron chi connectivity index (χ3n) is 3.68. The molecule has 1 fully saturated rings. The molecule has 4 heteroatoms. The van der Waals surface area contributed by atoms with Crippen molar-refractivity contribution in [1.29, 1.82) is 0 Å². The first-order valence-corrected chi connectivity index (χ1v) is 7.32. The van der Waals surface area contributed by atoms with Crippen LogP contribution in [-0.4, -0.2) is 36.2 Å². The molecule has 1 saturated heterocycles. The van der Waals surface area contributed by atoms with Gasteiger partial charge in [0.05, 0.1) is 0 Å². The number of halogens is 1. The van der Waals surface area contributed by atoms with Gasteiger partial charge in [0.1, 0.15) is 0 Å². The van der Waals surface area contributed by atoms with Crippen LogP contribution in [0.25, 0.3) is 0 Å². The van der Waals surface area contributed by atoms with Crippen molar-refractivity contribution in [3.63, 3.8) is 0 Å². The first kappa shape index (κ1) is 14.0. The summed E-state index contributed by atoms with van der Waals surface area (Å²) in [6, 6.07) is 8.33. The Labute approximate surface area is 117 Å². The molecule has 0 aliphatic carbocycles. The molecular weight excluding hydrogens is 292 g/mol. The van der Waals surface area contributed by atoms with Crippen molar-refractivity contribution < 1.29 is 5.11 Å². The Morgan fingerprint density at radius 1 is 1.39 bits per heavy atom. The first-order valence-electron chi connectivity index (χ1n) is 6.53. The Morgan fingerprint density at radius 2 is 2.11 bits per heavy atom. The normalized spacial score (nSPS) is 22.3. The maximum absolute atomic E-state index is 9.11. The first-order chi connectivity index (χ1) is 8.69. The molecule has 3 N–H and O–H groups in total. The molecule has 18 heavy (non-hydrogen) atoms. The van der Waals surface area contributed by atoms with Crippen LogP contribution in [0.2, 0.25) is 0 Å². The van der Waals surface area contributed by atoms with E-state index in [2.05, 4.69) is 33.0 Å². The number of rotatable bonds is 5. The molecule has 2 unspecified atom stereocenters. The highest BCUT2D eigenvalue weighted by molar-refractivity contribution is 9.10. The van der Waals surface area contributed by atoms with Crippen molar-refractivity contribution in [3.8, 4) is 0 Å². The lowest BCUT2D eigenvalue weighted by Crippen LogP contribution is -2.26. The van der Waals surface area contributed by atoms with Crippen LogP contribution in [0.4, 0.5) is 0 Å². The molecule has 100 valence electrons. The summed E-state index contributed by atoms with van der Waals surface area (Å²) in [6.45, 7) is 3.45. The van der Waals surface area contributed by atoms with Gasteiger partial charge in [-0.25, -0.2) is 0 Å². The lowest BCUT2D eigenvalue weighted by molar-refractivity contribution is 0.220. The van der Waals surface area contributed by atoms with E-state index in [-0.39, 0.29) is 6.04 Å². The van der Waals surface area contributed by atoms with Gasteiger partial charge < -0.3 is 15.7 Å². The molecule has 1 aromatic rings. The van der Waals surface area contributed by atoms with Gasteiger partial charge in [-0.1, -0.05) is 28.1 Å². The van der Waals surface area contributed by atoms with Crippen LogP contribution in [-0.2, 0) is 0 Å². The Kier molecular flexibility index (Phi) is 5.18.